The Morgan fingerprint density at radius 2 is 2.00 bits per heavy atom. The maximum atomic E-state index is 12.6. The van der Waals surface area contributed by atoms with E-state index in [4.69, 9.17) is 4.74 Å². The van der Waals surface area contributed by atoms with E-state index < -0.39 is 6.04 Å². The molecular weight excluding hydrogens is 298 g/mol. The second kappa shape index (κ2) is 5.30. The number of esters is 1. The fourth-order valence-electron chi connectivity index (χ4n) is 3.25. The van der Waals surface area contributed by atoms with Crippen LogP contribution in [0.3, 0.4) is 0 Å². The molecule has 5 heteroatoms. The smallest absolute Gasteiger partial charge is 0.335 e. The number of thioether (sulfide) groups is 1. The first kappa shape index (κ1) is 15.4. The van der Waals surface area contributed by atoms with Gasteiger partial charge in [0.25, 0.3) is 0 Å². The van der Waals surface area contributed by atoms with Crippen molar-refractivity contribution in [3.05, 3.63) is 28.8 Å². The van der Waals surface area contributed by atoms with Gasteiger partial charge in [0.2, 0.25) is 5.91 Å². The van der Waals surface area contributed by atoms with E-state index in [1.165, 1.54) is 0 Å². The van der Waals surface area contributed by atoms with E-state index in [-0.39, 0.29) is 16.7 Å². The molecule has 2 fully saturated rings. The molecule has 22 heavy (non-hydrogen) atoms. The molecule has 0 N–H and O–H groups in total. The van der Waals surface area contributed by atoms with Gasteiger partial charge in [0.1, 0.15) is 11.8 Å². The third-order valence-corrected chi connectivity index (χ3v) is 6.30. The van der Waals surface area contributed by atoms with Crippen LogP contribution in [0.5, 0.6) is 5.75 Å². The van der Waals surface area contributed by atoms with Crippen LogP contribution in [0.1, 0.15) is 36.5 Å². The standard InChI is InChI=1S/C17H21NO3S/c1-10-5-6-11(2)15(12(10)3)21-16(20)13-9-22-17(4)8-7-14(19)18(13)17/h5-6,13H,7-9H2,1-4H3/t13-,17+/m0/s1. The molecule has 3 rings (SSSR count). The van der Waals surface area contributed by atoms with Crippen LogP contribution in [0.4, 0.5) is 0 Å². The lowest BCUT2D eigenvalue weighted by atomic mass is 10.1. The molecule has 1 amide bonds. The molecule has 2 saturated heterocycles. The van der Waals surface area contributed by atoms with Gasteiger partial charge in [0.05, 0.1) is 4.87 Å². The maximum Gasteiger partial charge on any atom is 0.335 e. The summed E-state index contributed by atoms with van der Waals surface area (Å²) in [5, 5.41) is 0. The SMILES string of the molecule is Cc1ccc(C)c(OC(=O)[C@@H]2CS[C@]3(C)CCC(=O)N23)c1C. The van der Waals surface area contributed by atoms with E-state index in [1.807, 2.05) is 39.8 Å². The lowest BCUT2D eigenvalue weighted by molar-refractivity contribution is -0.146. The first-order chi connectivity index (χ1) is 10.3. The maximum absolute atomic E-state index is 12.6. The Bertz CT molecular complexity index is 658. The number of carbonyl (C=O) groups excluding carboxylic acids is 2. The van der Waals surface area contributed by atoms with Crippen LogP contribution < -0.4 is 4.74 Å². The Balaban J connectivity index is 1.84. The average molecular weight is 319 g/mol. The van der Waals surface area contributed by atoms with Crippen LogP contribution in [-0.2, 0) is 9.59 Å². The zero-order valence-electron chi connectivity index (χ0n) is 13.4. The summed E-state index contributed by atoms with van der Waals surface area (Å²) in [6.07, 6.45) is 1.33. The number of carbonyl (C=O) groups is 2. The van der Waals surface area contributed by atoms with Crippen molar-refractivity contribution >= 4 is 23.6 Å². The van der Waals surface area contributed by atoms with Gasteiger partial charge >= 0.3 is 5.97 Å². The van der Waals surface area contributed by atoms with Crippen LogP contribution in [0.2, 0.25) is 0 Å². The summed E-state index contributed by atoms with van der Waals surface area (Å²) in [6, 6.07) is 3.51. The number of benzene rings is 1. The number of fused-ring (bicyclic) bond motifs is 1. The zero-order chi connectivity index (χ0) is 16.1. The fraction of sp³-hybridized carbons (Fsp3) is 0.529. The molecule has 4 nitrogen and oxygen atoms in total. The van der Waals surface area contributed by atoms with Gasteiger partial charge in [-0.25, -0.2) is 4.79 Å². The Morgan fingerprint density at radius 3 is 2.73 bits per heavy atom. The van der Waals surface area contributed by atoms with Crippen molar-refractivity contribution in [2.45, 2.75) is 51.4 Å². The largest absolute Gasteiger partial charge is 0.424 e. The molecule has 2 atom stereocenters. The summed E-state index contributed by atoms with van der Waals surface area (Å²) in [5.74, 6) is 0.996. The molecule has 1 aromatic carbocycles. The fourth-order valence-corrected chi connectivity index (χ4v) is 4.66. The summed E-state index contributed by atoms with van der Waals surface area (Å²) in [4.78, 5) is 26.3. The molecule has 2 aliphatic heterocycles. The van der Waals surface area contributed by atoms with Crippen molar-refractivity contribution in [3.63, 3.8) is 0 Å². The average Bonchev–Trinajstić information content (AvgIpc) is 2.96. The summed E-state index contributed by atoms with van der Waals surface area (Å²) in [6.45, 7) is 7.93. The minimum Gasteiger partial charge on any atom is -0.424 e. The number of aryl methyl sites for hydroxylation is 2. The Kier molecular flexibility index (Phi) is 3.71. The minimum absolute atomic E-state index is 0.0622. The topological polar surface area (TPSA) is 46.6 Å². The molecule has 2 aliphatic rings. The molecule has 0 radical (unpaired) electrons. The van der Waals surface area contributed by atoms with Crippen molar-refractivity contribution in [3.8, 4) is 5.75 Å². The lowest BCUT2D eigenvalue weighted by Gasteiger charge is -2.29. The van der Waals surface area contributed by atoms with Gasteiger partial charge in [-0.2, -0.15) is 0 Å². The molecule has 0 saturated carbocycles. The highest BCUT2D eigenvalue weighted by atomic mass is 32.2. The van der Waals surface area contributed by atoms with Gasteiger partial charge in [-0.3, -0.25) is 4.79 Å². The Morgan fingerprint density at radius 1 is 1.32 bits per heavy atom. The predicted molar refractivity (Wildman–Crippen MR) is 87.0 cm³/mol. The van der Waals surface area contributed by atoms with Gasteiger partial charge < -0.3 is 9.64 Å². The van der Waals surface area contributed by atoms with E-state index in [0.717, 1.165) is 23.1 Å². The number of ether oxygens (including phenoxy) is 1. The van der Waals surface area contributed by atoms with E-state index in [1.54, 1.807) is 16.7 Å². The summed E-state index contributed by atoms with van der Waals surface area (Å²) in [5.41, 5.74) is 3.02. The molecule has 118 valence electrons. The lowest BCUT2D eigenvalue weighted by Crippen LogP contribution is -2.47. The first-order valence-corrected chi connectivity index (χ1v) is 8.57. The molecule has 0 aromatic heterocycles. The van der Waals surface area contributed by atoms with Crippen LogP contribution in [0.25, 0.3) is 0 Å². The molecule has 2 heterocycles. The van der Waals surface area contributed by atoms with Crippen LogP contribution >= 0.6 is 11.8 Å². The van der Waals surface area contributed by atoms with Gasteiger partial charge in [-0.15, -0.1) is 11.8 Å². The summed E-state index contributed by atoms with van der Waals surface area (Å²) >= 11 is 1.68. The van der Waals surface area contributed by atoms with E-state index in [2.05, 4.69) is 0 Å². The van der Waals surface area contributed by atoms with Crippen molar-refractivity contribution < 1.29 is 14.3 Å². The van der Waals surface area contributed by atoms with E-state index in [9.17, 15) is 9.59 Å². The molecule has 0 unspecified atom stereocenters. The highest BCUT2D eigenvalue weighted by Crippen LogP contribution is 2.47. The number of hydrogen-bond donors (Lipinski definition) is 0. The number of amides is 1. The van der Waals surface area contributed by atoms with Crippen LogP contribution in [-0.4, -0.2) is 33.4 Å². The van der Waals surface area contributed by atoms with Gasteiger partial charge in [0, 0.05) is 12.2 Å². The van der Waals surface area contributed by atoms with Gasteiger partial charge in [-0.05, 0) is 50.8 Å². The van der Waals surface area contributed by atoms with Crippen LogP contribution in [0.15, 0.2) is 12.1 Å². The Labute approximate surface area is 135 Å². The normalized spacial score (nSPS) is 27.2. The van der Waals surface area contributed by atoms with Crippen molar-refractivity contribution in [2.75, 3.05) is 5.75 Å². The zero-order valence-corrected chi connectivity index (χ0v) is 14.3. The van der Waals surface area contributed by atoms with Crippen LogP contribution in [0, 0.1) is 20.8 Å². The third-order valence-electron chi connectivity index (χ3n) is 4.79. The number of nitrogens with zero attached hydrogens (tertiary/aromatic N) is 1. The van der Waals surface area contributed by atoms with E-state index in [0.29, 0.717) is 17.9 Å². The number of hydrogen-bond acceptors (Lipinski definition) is 4. The third kappa shape index (κ3) is 2.32. The minimum atomic E-state index is -0.468. The van der Waals surface area contributed by atoms with E-state index >= 15 is 0 Å². The van der Waals surface area contributed by atoms with Crippen molar-refractivity contribution in [1.29, 1.82) is 0 Å². The second-order valence-corrected chi connectivity index (χ2v) is 7.84. The first-order valence-electron chi connectivity index (χ1n) is 7.58. The summed E-state index contributed by atoms with van der Waals surface area (Å²) in [7, 11) is 0. The predicted octanol–water partition coefficient (Wildman–Crippen LogP) is 2.97. The quantitative estimate of drug-likeness (QED) is 0.621. The highest BCUT2D eigenvalue weighted by Gasteiger charge is 2.53. The molecule has 0 aliphatic carbocycles. The van der Waals surface area contributed by atoms with Crippen molar-refractivity contribution in [1.82, 2.24) is 4.90 Å². The summed E-state index contributed by atoms with van der Waals surface area (Å²) < 4.78 is 5.70. The molecular formula is C17H21NO3S. The monoisotopic (exact) mass is 319 g/mol. The van der Waals surface area contributed by atoms with Gasteiger partial charge in [0.15, 0.2) is 0 Å². The highest BCUT2D eigenvalue weighted by molar-refractivity contribution is 8.01. The second-order valence-electron chi connectivity index (χ2n) is 6.34. The molecule has 1 aromatic rings. The Hall–Kier alpha value is -1.49. The molecule has 0 spiro atoms. The van der Waals surface area contributed by atoms with Gasteiger partial charge in [-0.1, -0.05) is 12.1 Å². The number of rotatable bonds is 2. The molecule has 0 bridgehead atoms. The van der Waals surface area contributed by atoms with Crippen molar-refractivity contribution in [2.24, 2.45) is 0 Å².